The molecule has 9 rings (SSSR count). The first-order valence-electron chi connectivity index (χ1n) is 14.9. The standard InChI is InChI=1S/2C17H11.C6H10.2ClH.Zr/c2*1-2-6-15-12(4-1)8-10-14-11-9-13-5-3-7-16(13)17(14)15;1-2-4-6-5-3-1;;;/h2*1-4,6,8-11H,7H2;1-5H2;2*1H;/q2*-1;;;;+2/p-2. The maximum absolute atomic E-state index is 3.33. The number of hydrogen-bond acceptors (Lipinski definition) is 0. The van der Waals surface area contributed by atoms with Crippen molar-refractivity contribution in [2.45, 2.75) is 44.9 Å². The van der Waals surface area contributed by atoms with Crippen molar-refractivity contribution in [1.29, 1.82) is 0 Å². The van der Waals surface area contributed by atoms with Crippen molar-refractivity contribution in [2.24, 2.45) is 0 Å². The molecule has 212 valence electrons. The molecule has 0 amide bonds. The van der Waals surface area contributed by atoms with Gasteiger partial charge in [0.25, 0.3) is 0 Å². The van der Waals surface area contributed by atoms with Gasteiger partial charge in [0.2, 0.25) is 0 Å². The van der Waals surface area contributed by atoms with Gasteiger partial charge in [0.1, 0.15) is 0 Å². The molecule has 1 saturated carbocycles. The molecule has 0 saturated heterocycles. The van der Waals surface area contributed by atoms with Crippen LogP contribution in [0.15, 0.2) is 109 Å². The zero-order valence-electron chi connectivity index (χ0n) is 24.1. The van der Waals surface area contributed by atoms with Gasteiger partial charge >= 0.3 is 59.5 Å². The third-order valence-electron chi connectivity index (χ3n) is 8.62. The third-order valence-corrected chi connectivity index (χ3v) is 9.85. The van der Waals surface area contributed by atoms with Crippen molar-refractivity contribution in [3.05, 3.63) is 144 Å². The number of hydrogen-bond donors (Lipinski definition) is 0. The van der Waals surface area contributed by atoms with E-state index in [9.17, 15) is 0 Å². The molecule has 0 atom stereocenters. The molecule has 0 aliphatic heterocycles. The second-order valence-electron chi connectivity index (χ2n) is 11.2. The Morgan fingerprint density at radius 2 is 0.884 bits per heavy atom. The SMILES string of the molecule is [C-]1=CCc2c1ccc1ccc3ccccc3c21.[C-]1=CCc2c1ccc1ccc3ccccc3c21.[Cl-].[Cl-].[Zr+2]=[C]1CCCCC1. The second-order valence-corrected chi connectivity index (χ2v) is 13.0. The Kier molecular flexibility index (Phi) is 10.5. The van der Waals surface area contributed by atoms with Gasteiger partial charge in [-0.1, -0.05) is 96.4 Å². The summed E-state index contributed by atoms with van der Waals surface area (Å²) in [6, 6.07) is 34.8. The number of halogens is 2. The molecule has 6 aromatic rings. The maximum atomic E-state index is 3.33. The quantitative estimate of drug-likeness (QED) is 0.168. The summed E-state index contributed by atoms with van der Waals surface area (Å²) >= 11 is 1.69. The minimum absolute atomic E-state index is 0. The number of rotatable bonds is 0. The van der Waals surface area contributed by atoms with E-state index in [0.29, 0.717) is 0 Å². The number of fused-ring (bicyclic) bond motifs is 10. The van der Waals surface area contributed by atoms with E-state index in [0.717, 1.165) is 12.8 Å². The average Bonchev–Trinajstić information content (AvgIpc) is 3.72. The zero-order chi connectivity index (χ0) is 27.6. The van der Waals surface area contributed by atoms with Gasteiger partial charge in [0, 0.05) is 0 Å². The van der Waals surface area contributed by atoms with Crippen molar-refractivity contribution in [3.8, 4) is 0 Å². The summed E-state index contributed by atoms with van der Waals surface area (Å²) in [6.45, 7) is 0. The molecular formula is C40H32Cl2Zr-2. The van der Waals surface area contributed by atoms with E-state index >= 15 is 0 Å². The van der Waals surface area contributed by atoms with Crippen LogP contribution in [0, 0.1) is 12.2 Å². The van der Waals surface area contributed by atoms with E-state index < -0.39 is 0 Å². The molecule has 0 bridgehead atoms. The fourth-order valence-corrected chi connectivity index (χ4v) is 7.41. The van der Waals surface area contributed by atoms with Crippen LogP contribution >= 0.6 is 0 Å². The molecular weight excluding hydrogens is 643 g/mol. The van der Waals surface area contributed by atoms with Crippen LogP contribution in [-0.2, 0) is 37.1 Å². The third kappa shape index (κ3) is 6.51. The van der Waals surface area contributed by atoms with Crippen LogP contribution in [0.1, 0.15) is 54.4 Å². The predicted octanol–water partition coefficient (Wildman–Crippen LogP) is 4.19. The van der Waals surface area contributed by atoms with Gasteiger partial charge in [-0.25, -0.2) is 0 Å². The van der Waals surface area contributed by atoms with Crippen LogP contribution in [0.4, 0.5) is 0 Å². The van der Waals surface area contributed by atoms with E-state index in [-0.39, 0.29) is 24.8 Å². The molecule has 0 heterocycles. The average molecular weight is 675 g/mol. The Balaban J connectivity index is 0.000000136. The van der Waals surface area contributed by atoms with E-state index in [4.69, 9.17) is 0 Å². The van der Waals surface area contributed by atoms with E-state index in [1.165, 1.54) is 97.4 Å². The fourth-order valence-electron chi connectivity index (χ4n) is 6.54. The van der Waals surface area contributed by atoms with E-state index in [1.807, 2.05) is 0 Å². The summed E-state index contributed by atoms with van der Waals surface area (Å²) < 4.78 is 1.80. The molecule has 0 aromatic heterocycles. The van der Waals surface area contributed by atoms with Gasteiger partial charge in [-0.2, -0.15) is 47.6 Å². The molecule has 1 fully saturated rings. The van der Waals surface area contributed by atoms with Crippen molar-refractivity contribution in [2.75, 3.05) is 0 Å². The Bertz CT molecular complexity index is 1860. The second kappa shape index (κ2) is 14.3. The summed E-state index contributed by atoms with van der Waals surface area (Å²) in [5.41, 5.74) is 5.38. The molecule has 6 aromatic carbocycles. The Labute approximate surface area is 282 Å². The molecule has 3 heteroatoms. The first-order valence-corrected chi connectivity index (χ1v) is 16.1. The molecule has 0 spiro atoms. The van der Waals surface area contributed by atoms with Crippen LogP contribution in [0.3, 0.4) is 0 Å². The normalized spacial score (nSPS) is 14.3. The van der Waals surface area contributed by atoms with Gasteiger partial charge in [-0.05, 0) is 32.3 Å². The van der Waals surface area contributed by atoms with Gasteiger partial charge in [-0.3, -0.25) is 0 Å². The van der Waals surface area contributed by atoms with Crippen LogP contribution in [-0.4, -0.2) is 3.21 Å². The van der Waals surface area contributed by atoms with Gasteiger partial charge in [0.15, 0.2) is 0 Å². The van der Waals surface area contributed by atoms with Gasteiger partial charge in [0.05, 0.1) is 0 Å². The molecule has 3 aliphatic carbocycles. The Morgan fingerprint density at radius 3 is 1.33 bits per heavy atom. The predicted molar refractivity (Wildman–Crippen MR) is 172 cm³/mol. The monoisotopic (exact) mass is 672 g/mol. The summed E-state index contributed by atoms with van der Waals surface area (Å²) in [5.74, 6) is 0. The topological polar surface area (TPSA) is 0 Å². The van der Waals surface area contributed by atoms with Crippen LogP contribution in [0.25, 0.3) is 43.1 Å². The van der Waals surface area contributed by atoms with Crippen molar-refractivity contribution >= 4 is 46.3 Å². The summed E-state index contributed by atoms with van der Waals surface area (Å²) in [7, 11) is 0. The van der Waals surface area contributed by atoms with Crippen LogP contribution in [0.2, 0.25) is 0 Å². The Morgan fingerprint density at radius 1 is 0.465 bits per heavy atom. The minimum atomic E-state index is 0. The summed E-state index contributed by atoms with van der Waals surface area (Å²) in [6.07, 6.45) is 20.3. The fraction of sp³-hybridized carbons (Fsp3) is 0.175. The van der Waals surface area contributed by atoms with Crippen molar-refractivity contribution < 1.29 is 49.0 Å². The molecule has 43 heavy (non-hydrogen) atoms. The van der Waals surface area contributed by atoms with Crippen molar-refractivity contribution in [1.82, 2.24) is 0 Å². The number of benzene rings is 6. The van der Waals surface area contributed by atoms with Crippen LogP contribution in [0.5, 0.6) is 0 Å². The summed E-state index contributed by atoms with van der Waals surface area (Å²) in [4.78, 5) is 0. The molecule has 0 radical (unpaired) electrons. The summed E-state index contributed by atoms with van der Waals surface area (Å²) in [5, 5.41) is 10.8. The van der Waals surface area contributed by atoms with Crippen molar-refractivity contribution in [3.63, 3.8) is 0 Å². The first-order chi connectivity index (χ1) is 20.3. The zero-order valence-corrected chi connectivity index (χ0v) is 28.1. The molecule has 0 unspecified atom stereocenters. The van der Waals surface area contributed by atoms with Gasteiger partial charge < -0.3 is 24.8 Å². The Hall–Kier alpha value is -2.83. The van der Waals surface area contributed by atoms with E-state index in [1.54, 1.807) is 27.4 Å². The van der Waals surface area contributed by atoms with Gasteiger partial charge in [-0.15, -0.1) is 23.3 Å². The van der Waals surface area contributed by atoms with Crippen LogP contribution < -0.4 is 24.8 Å². The first kappa shape index (κ1) is 31.6. The molecule has 3 aliphatic rings. The molecule has 0 N–H and O–H groups in total. The number of allylic oxidation sites excluding steroid dienone is 2. The van der Waals surface area contributed by atoms with E-state index in [2.05, 4.69) is 121 Å². The molecule has 0 nitrogen and oxygen atoms in total.